The minimum Gasteiger partial charge on any atom is -0.494 e. The molecule has 11 nitrogen and oxygen atoms in total. The number of carbonyl (C=O) groups excluding carboxylic acids is 1. The highest BCUT2D eigenvalue weighted by atomic mass is 16.5. The van der Waals surface area contributed by atoms with Gasteiger partial charge in [0.05, 0.1) is 30.3 Å². The molecule has 34 heavy (non-hydrogen) atoms. The highest BCUT2D eigenvalue weighted by Gasteiger charge is 2.26. The highest BCUT2D eigenvalue weighted by molar-refractivity contribution is 5.94. The van der Waals surface area contributed by atoms with Crippen LogP contribution in [0, 0.1) is 0 Å². The number of nitrogens with one attached hydrogen (secondary N) is 1. The summed E-state index contributed by atoms with van der Waals surface area (Å²) in [6.45, 7) is 5.90. The van der Waals surface area contributed by atoms with E-state index in [-0.39, 0.29) is 17.9 Å². The van der Waals surface area contributed by atoms with E-state index >= 15 is 0 Å². The molecule has 1 aliphatic carbocycles. The number of amides is 1. The van der Waals surface area contributed by atoms with Crippen LogP contribution in [0.25, 0.3) is 16.7 Å². The van der Waals surface area contributed by atoms with E-state index in [0.29, 0.717) is 23.1 Å². The summed E-state index contributed by atoms with van der Waals surface area (Å²) in [6, 6.07) is 5.63. The molecule has 4 aromatic rings. The zero-order valence-corrected chi connectivity index (χ0v) is 19.7. The molecule has 0 radical (unpaired) electrons. The maximum Gasteiger partial charge on any atom is 0.232 e. The quantitative estimate of drug-likeness (QED) is 0.462. The van der Waals surface area contributed by atoms with Crippen LogP contribution in [0.3, 0.4) is 0 Å². The molecule has 0 spiro atoms. The molecule has 0 unspecified atom stereocenters. The molecule has 3 N–H and O–H groups in total. The van der Waals surface area contributed by atoms with E-state index in [4.69, 9.17) is 10.5 Å². The number of carbonyl (C=O) groups is 1. The molecule has 176 valence electrons. The lowest BCUT2D eigenvalue weighted by molar-refractivity contribution is -0.115. The first-order valence-corrected chi connectivity index (χ1v) is 11.2. The van der Waals surface area contributed by atoms with Gasteiger partial charge in [-0.3, -0.25) is 4.79 Å². The van der Waals surface area contributed by atoms with Crippen molar-refractivity contribution in [1.82, 2.24) is 34.7 Å². The van der Waals surface area contributed by atoms with Gasteiger partial charge in [-0.05, 0) is 62.9 Å². The molecular weight excluding hydrogens is 434 g/mol. The Kier molecular flexibility index (Phi) is 5.18. The van der Waals surface area contributed by atoms with Crippen LogP contribution in [0.15, 0.2) is 24.5 Å². The molecule has 0 fully saturated rings. The van der Waals surface area contributed by atoms with E-state index in [2.05, 4.69) is 35.3 Å². The third-order valence-electron chi connectivity index (χ3n) is 5.91. The smallest absolute Gasteiger partial charge is 0.232 e. The minimum absolute atomic E-state index is 0.00457. The van der Waals surface area contributed by atoms with E-state index in [9.17, 15) is 4.79 Å². The Balaban J connectivity index is 1.44. The molecule has 1 amide bonds. The number of ether oxygens (including phenoxy) is 1. The number of nitrogen functional groups attached to an aromatic ring is 1. The zero-order chi connectivity index (χ0) is 24.0. The number of nitrogens with zero attached hydrogens (tertiary/aromatic N) is 7. The summed E-state index contributed by atoms with van der Waals surface area (Å²) < 4.78 is 7.71. The van der Waals surface area contributed by atoms with Gasteiger partial charge in [-0.25, -0.2) is 9.97 Å². The molecule has 1 aromatic carbocycles. The molecule has 0 saturated heterocycles. The summed E-state index contributed by atoms with van der Waals surface area (Å²) in [5.74, 6) is 1.06. The lowest BCUT2D eigenvalue weighted by Crippen LogP contribution is -2.25. The number of fused-ring (bicyclic) bond motifs is 3. The van der Waals surface area contributed by atoms with Gasteiger partial charge in [0.25, 0.3) is 0 Å². The molecule has 0 aliphatic heterocycles. The van der Waals surface area contributed by atoms with Crippen molar-refractivity contribution in [1.29, 1.82) is 0 Å². The summed E-state index contributed by atoms with van der Waals surface area (Å²) >= 11 is 0. The maximum atomic E-state index is 12.7. The topological polar surface area (TPSA) is 139 Å². The summed E-state index contributed by atoms with van der Waals surface area (Å²) in [4.78, 5) is 22.9. The fourth-order valence-corrected chi connectivity index (χ4v) is 4.34. The average molecular weight is 462 g/mol. The maximum absolute atomic E-state index is 12.7. The van der Waals surface area contributed by atoms with Gasteiger partial charge < -0.3 is 20.4 Å². The minimum atomic E-state index is -0.308. The second-order valence-corrected chi connectivity index (χ2v) is 9.35. The number of aromatic nitrogens is 7. The predicted molar refractivity (Wildman–Crippen MR) is 127 cm³/mol. The summed E-state index contributed by atoms with van der Waals surface area (Å²) in [7, 11) is 1.57. The van der Waals surface area contributed by atoms with E-state index in [1.807, 2.05) is 39.0 Å². The standard InChI is InChI=1S/C23H27N9O2/c1-23(2,3)32-29-18(28-30-32)11-19(33)27-15-9-8-13(10-17(15)34-4)31-16-7-5-6-14(16)20-21(31)22(24)26-12-25-20/h8-10,12H,5-7,11H2,1-4H3,(H,27,33)(H2,24,25,26). The molecule has 1 aliphatic rings. The van der Waals surface area contributed by atoms with Gasteiger partial charge >= 0.3 is 0 Å². The van der Waals surface area contributed by atoms with Gasteiger partial charge in [-0.2, -0.15) is 4.80 Å². The van der Waals surface area contributed by atoms with E-state index in [1.165, 1.54) is 22.4 Å². The van der Waals surface area contributed by atoms with Crippen molar-refractivity contribution < 1.29 is 9.53 Å². The van der Waals surface area contributed by atoms with Crippen LogP contribution in [0.1, 0.15) is 44.3 Å². The molecule has 5 rings (SSSR count). The van der Waals surface area contributed by atoms with Crippen LogP contribution in [0.2, 0.25) is 0 Å². The Hall–Kier alpha value is -4.02. The van der Waals surface area contributed by atoms with Crippen LogP contribution in [0.4, 0.5) is 11.5 Å². The largest absolute Gasteiger partial charge is 0.494 e. The molecule has 0 bridgehead atoms. The number of hydrogen-bond donors (Lipinski definition) is 2. The fourth-order valence-electron chi connectivity index (χ4n) is 4.34. The number of rotatable bonds is 5. The number of aryl methyl sites for hydroxylation is 1. The van der Waals surface area contributed by atoms with Crippen molar-refractivity contribution in [3.05, 3.63) is 41.6 Å². The van der Waals surface area contributed by atoms with Gasteiger partial charge in [-0.1, -0.05) is 0 Å². The number of anilines is 2. The monoisotopic (exact) mass is 461 g/mol. The van der Waals surface area contributed by atoms with Crippen molar-refractivity contribution >= 4 is 28.4 Å². The van der Waals surface area contributed by atoms with Crippen LogP contribution in [-0.4, -0.2) is 47.8 Å². The molecule has 11 heteroatoms. The Morgan fingerprint density at radius 1 is 1.24 bits per heavy atom. The summed E-state index contributed by atoms with van der Waals surface area (Å²) in [6.07, 6.45) is 4.49. The number of benzene rings is 1. The van der Waals surface area contributed by atoms with E-state index in [1.54, 1.807) is 7.11 Å². The first-order chi connectivity index (χ1) is 16.3. The second-order valence-electron chi connectivity index (χ2n) is 9.35. The summed E-state index contributed by atoms with van der Waals surface area (Å²) in [5, 5.41) is 15.2. The molecule has 0 saturated carbocycles. The Morgan fingerprint density at radius 3 is 2.79 bits per heavy atom. The lowest BCUT2D eigenvalue weighted by atomic mass is 10.1. The SMILES string of the molecule is COc1cc(-n2c3c(c4ncnc(N)c42)CCC3)ccc1NC(=O)Cc1nnn(C(C)(C)C)n1. The number of methoxy groups -OCH3 is 1. The molecule has 3 aromatic heterocycles. The number of tetrazole rings is 1. The third kappa shape index (κ3) is 3.72. The normalized spacial score (nSPS) is 13.3. The number of hydrogen-bond acceptors (Lipinski definition) is 8. The Labute approximate surface area is 196 Å². The van der Waals surface area contributed by atoms with Crippen LogP contribution in [0.5, 0.6) is 5.75 Å². The highest BCUT2D eigenvalue weighted by Crippen LogP contribution is 2.38. The lowest BCUT2D eigenvalue weighted by Gasteiger charge is -2.15. The fraction of sp³-hybridized carbons (Fsp3) is 0.391. The molecular formula is C23H27N9O2. The number of nitrogens with two attached hydrogens (primary N) is 1. The first-order valence-electron chi connectivity index (χ1n) is 11.2. The van der Waals surface area contributed by atoms with E-state index in [0.717, 1.165) is 36.0 Å². The second kappa shape index (κ2) is 8.08. The molecule has 0 atom stereocenters. The Morgan fingerprint density at radius 2 is 2.06 bits per heavy atom. The third-order valence-corrected chi connectivity index (χ3v) is 5.91. The van der Waals surface area contributed by atoms with E-state index < -0.39 is 0 Å². The van der Waals surface area contributed by atoms with Crippen molar-refractivity contribution in [2.45, 2.75) is 52.0 Å². The van der Waals surface area contributed by atoms with Crippen LogP contribution >= 0.6 is 0 Å². The Bertz CT molecular complexity index is 1400. The van der Waals surface area contributed by atoms with Gasteiger partial charge in [0.15, 0.2) is 11.6 Å². The van der Waals surface area contributed by atoms with Gasteiger partial charge in [0.1, 0.15) is 17.6 Å². The van der Waals surface area contributed by atoms with Gasteiger partial charge in [0, 0.05) is 17.4 Å². The van der Waals surface area contributed by atoms with Crippen LogP contribution < -0.4 is 15.8 Å². The summed E-state index contributed by atoms with van der Waals surface area (Å²) in [5.41, 5.74) is 11.5. The van der Waals surface area contributed by atoms with Crippen LogP contribution in [-0.2, 0) is 29.6 Å². The zero-order valence-electron chi connectivity index (χ0n) is 19.7. The van der Waals surface area contributed by atoms with Crippen molar-refractivity contribution in [2.24, 2.45) is 0 Å². The van der Waals surface area contributed by atoms with Gasteiger partial charge in [0.2, 0.25) is 5.91 Å². The van der Waals surface area contributed by atoms with Crippen molar-refractivity contribution in [2.75, 3.05) is 18.2 Å². The first kappa shape index (κ1) is 21.8. The molecule has 3 heterocycles. The average Bonchev–Trinajstić information content (AvgIpc) is 3.50. The van der Waals surface area contributed by atoms with Crippen molar-refractivity contribution in [3.8, 4) is 11.4 Å². The van der Waals surface area contributed by atoms with Crippen molar-refractivity contribution in [3.63, 3.8) is 0 Å². The van der Waals surface area contributed by atoms with Gasteiger partial charge in [-0.15, -0.1) is 10.2 Å². The predicted octanol–water partition coefficient (Wildman–Crippen LogP) is 2.42.